The maximum atomic E-state index is 12.9. The van der Waals surface area contributed by atoms with Crippen LogP contribution in [0.1, 0.15) is 25.1 Å². The van der Waals surface area contributed by atoms with Crippen LogP contribution < -0.4 is 0 Å². The van der Waals surface area contributed by atoms with E-state index in [0.717, 1.165) is 12.2 Å². The molecule has 138 valence electrons. The Hall–Kier alpha value is -1.51. The number of piperidine rings is 1. The maximum absolute atomic E-state index is 12.9. The van der Waals surface area contributed by atoms with Crippen LogP contribution in [0.25, 0.3) is 0 Å². The normalized spacial score (nSPS) is 35.1. The maximum Gasteiger partial charge on any atom is 0.223 e. The van der Waals surface area contributed by atoms with Gasteiger partial charge in [0.2, 0.25) is 5.91 Å². The highest BCUT2D eigenvalue weighted by Crippen LogP contribution is 2.44. The highest BCUT2D eigenvalue weighted by molar-refractivity contribution is 5.77. The van der Waals surface area contributed by atoms with Gasteiger partial charge >= 0.3 is 0 Å². The van der Waals surface area contributed by atoms with Crippen molar-refractivity contribution >= 4 is 5.91 Å². The highest BCUT2D eigenvalue weighted by Gasteiger charge is 2.56. The fourth-order valence-electron chi connectivity index (χ4n) is 4.64. The third kappa shape index (κ3) is 2.96. The second-order valence-electron chi connectivity index (χ2n) is 7.45. The Balaban J connectivity index is 1.50. The Kier molecular flexibility index (Phi) is 4.51. The molecule has 1 N–H and O–H groups in total. The standard InChI is InChI=1S/C17H26N4O4/c1-20-11-18-19-15(20)2-3-16(22)21-8-12-9-25-7-5-17(12,23)13-10-24-6-4-14(13)21/h11-14,23H,2-10H2,1H3/t12-,13+,14-,17-/m1/s1. The van der Waals surface area contributed by atoms with Crippen molar-refractivity contribution in [3.63, 3.8) is 0 Å². The molecule has 8 heteroatoms. The van der Waals surface area contributed by atoms with Crippen LogP contribution in [-0.2, 0) is 27.7 Å². The van der Waals surface area contributed by atoms with Crippen molar-refractivity contribution in [1.82, 2.24) is 19.7 Å². The smallest absolute Gasteiger partial charge is 0.223 e. The number of fused-ring (bicyclic) bond motifs is 3. The molecule has 0 spiro atoms. The van der Waals surface area contributed by atoms with E-state index in [0.29, 0.717) is 52.2 Å². The number of amides is 1. The molecule has 0 aliphatic carbocycles. The van der Waals surface area contributed by atoms with Crippen LogP contribution in [0.15, 0.2) is 6.33 Å². The van der Waals surface area contributed by atoms with E-state index in [1.165, 1.54) is 0 Å². The van der Waals surface area contributed by atoms with E-state index in [-0.39, 0.29) is 23.8 Å². The first-order chi connectivity index (χ1) is 12.1. The second kappa shape index (κ2) is 6.66. The van der Waals surface area contributed by atoms with E-state index in [1.807, 2.05) is 16.5 Å². The lowest BCUT2D eigenvalue weighted by Gasteiger charge is -2.57. The second-order valence-corrected chi connectivity index (χ2v) is 7.45. The quantitative estimate of drug-likeness (QED) is 0.809. The monoisotopic (exact) mass is 350 g/mol. The average Bonchev–Trinajstić information content (AvgIpc) is 3.04. The van der Waals surface area contributed by atoms with Crippen LogP contribution in [-0.4, -0.2) is 75.3 Å². The van der Waals surface area contributed by atoms with E-state index >= 15 is 0 Å². The molecule has 1 aromatic rings. The minimum Gasteiger partial charge on any atom is -0.389 e. The number of likely N-dealkylation sites (tertiary alicyclic amines) is 1. The van der Waals surface area contributed by atoms with Gasteiger partial charge in [-0.15, -0.1) is 10.2 Å². The molecule has 0 aromatic carbocycles. The summed E-state index contributed by atoms with van der Waals surface area (Å²) < 4.78 is 13.1. The Morgan fingerprint density at radius 2 is 2.24 bits per heavy atom. The first kappa shape index (κ1) is 16.9. The van der Waals surface area contributed by atoms with Gasteiger partial charge in [0.15, 0.2) is 0 Å². The van der Waals surface area contributed by atoms with Crippen molar-refractivity contribution in [3.8, 4) is 0 Å². The molecule has 4 atom stereocenters. The van der Waals surface area contributed by atoms with Crippen LogP contribution in [0.3, 0.4) is 0 Å². The molecule has 3 aliphatic rings. The first-order valence-corrected chi connectivity index (χ1v) is 9.10. The zero-order valence-electron chi connectivity index (χ0n) is 14.6. The van der Waals surface area contributed by atoms with Crippen molar-refractivity contribution in [2.75, 3.05) is 33.0 Å². The minimum absolute atomic E-state index is 0.0253. The number of hydrogen-bond donors (Lipinski definition) is 1. The molecule has 1 aromatic heterocycles. The van der Waals surface area contributed by atoms with Crippen LogP contribution in [0, 0.1) is 11.8 Å². The Morgan fingerprint density at radius 3 is 3.04 bits per heavy atom. The summed E-state index contributed by atoms with van der Waals surface area (Å²) in [5, 5.41) is 19.2. The Morgan fingerprint density at radius 1 is 1.40 bits per heavy atom. The van der Waals surface area contributed by atoms with E-state index in [2.05, 4.69) is 10.2 Å². The van der Waals surface area contributed by atoms with Crippen molar-refractivity contribution in [3.05, 3.63) is 12.2 Å². The summed E-state index contributed by atoms with van der Waals surface area (Å²) in [5.74, 6) is 0.865. The summed E-state index contributed by atoms with van der Waals surface area (Å²) in [4.78, 5) is 14.9. The van der Waals surface area contributed by atoms with Gasteiger partial charge in [-0.2, -0.15) is 0 Å². The van der Waals surface area contributed by atoms with Crippen molar-refractivity contribution in [2.24, 2.45) is 18.9 Å². The number of aromatic nitrogens is 3. The summed E-state index contributed by atoms with van der Waals surface area (Å²) in [6, 6.07) is 0.0556. The van der Waals surface area contributed by atoms with Crippen LogP contribution in [0.4, 0.5) is 0 Å². The average molecular weight is 350 g/mol. The number of nitrogens with zero attached hydrogens (tertiary/aromatic N) is 4. The molecule has 0 saturated carbocycles. The van der Waals surface area contributed by atoms with Gasteiger partial charge in [-0.25, -0.2) is 0 Å². The van der Waals surface area contributed by atoms with Gasteiger partial charge in [-0.1, -0.05) is 0 Å². The molecule has 0 unspecified atom stereocenters. The molecule has 4 heterocycles. The van der Waals surface area contributed by atoms with E-state index in [9.17, 15) is 9.90 Å². The van der Waals surface area contributed by atoms with Gasteiger partial charge in [0.05, 0.1) is 18.8 Å². The van der Waals surface area contributed by atoms with Crippen molar-refractivity contribution < 1.29 is 19.4 Å². The molecule has 0 bridgehead atoms. The number of aryl methyl sites for hydroxylation is 2. The zero-order valence-corrected chi connectivity index (χ0v) is 14.6. The number of aliphatic hydroxyl groups is 1. The predicted molar refractivity (Wildman–Crippen MR) is 87.6 cm³/mol. The number of rotatable bonds is 3. The molecular formula is C17H26N4O4. The molecule has 1 amide bonds. The SMILES string of the molecule is Cn1cnnc1CCC(=O)N1C[C@@H]2COCC[C@]2(O)[C@H]2COCC[C@H]21. The summed E-state index contributed by atoms with van der Waals surface area (Å²) in [6.07, 6.45) is 4.04. The Labute approximate surface area is 147 Å². The lowest BCUT2D eigenvalue weighted by Crippen LogP contribution is -2.68. The first-order valence-electron chi connectivity index (χ1n) is 9.10. The molecule has 8 nitrogen and oxygen atoms in total. The molecule has 3 fully saturated rings. The van der Waals surface area contributed by atoms with Crippen molar-refractivity contribution in [2.45, 2.75) is 37.3 Å². The van der Waals surface area contributed by atoms with E-state index < -0.39 is 5.60 Å². The van der Waals surface area contributed by atoms with Gasteiger partial charge in [-0.3, -0.25) is 4.79 Å². The van der Waals surface area contributed by atoms with Gasteiger partial charge in [0.25, 0.3) is 0 Å². The molecule has 3 saturated heterocycles. The lowest BCUT2D eigenvalue weighted by molar-refractivity contribution is -0.219. The highest BCUT2D eigenvalue weighted by atomic mass is 16.5. The summed E-state index contributed by atoms with van der Waals surface area (Å²) in [5.41, 5.74) is -0.774. The third-order valence-electron chi connectivity index (χ3n) is 6.14. The van der Waals surface area contributed by atoms with Gasteiger partial charge in [-0.05, 0) is 6.42 Å². The number of hydrogen-bond acceptors (Lipinski definition) is 6. The summed E-state index contributed by atoms with van der Waals surface area (Å²) in [7, 11) is 1.88. The van der Waals surface area contributed by atoms with Gasteiger partial charge in [0, 0.05) is 63.9 Å². The van der Waals surface area contributed by atoms with E-state index in [1.54, 1.807) is 6.33 Å². The van der Waals surface area contributed by atoms with E-state index in [4.69, 9.17) is 9.47 Å². The fourth-order valence-corrected chi connectivity index (χ4v) is 4.64. The molecular weight excluding hydrogens is 324 g/mol. The van der Waals surface area contributed by atoms with Gasteiger partial charge < -0.3 is 24.0 Å². The van der Waals surface area contributed by atoms with Crippen LogP contribution in [0.2, 0.25) is 0 Å². The third-order valence-corrected chi connectivity index (χ3v) is 6.14. The number of carbonyl (C=O) groups is 1. The topological polar surface area (TPSA) is 89.7 Å². The minimum atomic E-state index is -0.774. The van der Waals surface area contributed by atoms with Crippen molar-refractivity contribution in [1.29, 1.82) is 0 Å². The van der Waals surface area contributed by atoms with Gasteiger partial charge in [0.1, 0.15) is 12.2 Å². The summed E-state index contributed by atoms with van der Waals surface area (Å²) in [6.45, 7) is 2.81. The number of ether oxygens (including phenoxy) is 2. The number of carbonyl (C=O) groups excluding carboxylic acids is 1. The molecule has 0 radical (unpaired) electrons. The predicted octanol–water partition coefficient (Wildman–Crippen LogP) is -0.237. The largest absolute Gasteiger partial charge is 0.389 e. The van der Waals surface area contributed by atoms with Crippen LogP contribution in [0.5, 0.6) is 0 Å². The fraction of sp³-hybridized carbons (Fsp3) is 0.824. The summed E-state index contributed by atoms with van der Waals surface area (Å²) >= 11 is 0. The zero-order chi connectivity index (χ0) is 17.4. The van der Waals surface area contributed by atoms with Crippen LogP contribution >= 0.6 is 0 Å². The molecule has 25 heavy (non-hydrogen) atoms. The molecule has 4 rings (SSSR count). The lowest BCUT2D eigenvalue weighted by atomic mass is 9.66. The molecule has 3 aliphatic heterocycles. The Bertz CT molecular complexity index is 636.